The number of benzene rings is 1. The highest BCUT2D eigenvalue weighted by Crippen LogP contribution is 2.24. The van der Waals surface area contributed by atoms with Gasteiger partial charge >= 0.3 is 0 Å². The molecule has 1 aromatic carbocycles. The molecule has 1 unspecified atom stereocenters. The second kappa shape index (κ2) is 5.89. The molecule has 4 nitrogen and oxygen atoms in total. The highest BCUT2D eigenvalue weighted by atomic mass is 16.3. The first-order valence-electron chi connectivity index (χ1n) is 6.58. The molecule has 0 saturated carbocycles. The van der Waals surface area contributed by atoms with Crippen molar-refractivity contribution < 1.29 is 5.11 Å². The summed E-state index contributed by atoms with van der Waals surface area (Å²) in [6, 6.07) is 5.81. The minimum Gasteiger partial charge on any atom is -0.508 e. The topological polar surface area (TPSA) is 50.1 Å². The average molecular weight is 259 g/mol. The molecule has 0 aliphatic rings. The number of hydrogen-bond acceptors (Lipinski definition) is 3. The van der Waals surface area contributed by atoms with Gasteiger partial charge in [-0.15, -0.1) is 0 Å². The first-order chi connectivity index (χ1) is 9.06. The fourth-order valence-electron chi connectivity index (χ4n) is 2.12. The van der Waals surface area contributed by atoms with Gasteiger partial charge in [0, 0.05) is 24.3 Å². The van der Waals surface area contributed by atoms with Crippen molar-refractivity contribution in [2.45, 2.75) is 33.4 Å². The summed E-state index contributed by atoms with van der Waals surface area (Å²) < 4.78 is 1.92. The smallest absolute Gasteiger partial charge is 0.120 e. The maximum Gasteiger partial charge on any atom is 0.120 e. The zero-order chi connectivity index (χ0) is 13.8. The second-order valence-electron chi connectivity index (χ2n) is 5.02. The number of aromatic nitrogens is 2. The first-order valence-corrected chi connectivity index (χ1v) is 6.58. The van der Waals surface area contributed by atoms with Gasteiger partial charge in [0.15, 0.2) is 0 Å². The van der Waals surface area contributed by atoms with E-state index in [1.54, 1.807) is 6.07 Å². The minimum absolute atomic E-state index is 0.122. The van der Waals surface area contributed by atoms with Crippen LogP contribution in [0.5, 0.6) is 5.75 Å². The van der Waals surface area contributed by atoms with Crippen LogP contribution in [0.4, 0.5) is 0 Å². The second-order valence-corrected chi connectivity index (χ2v) is 5.02. The Labute approximate surface area is 114 Å². The molecule has 1 heterocycles. The molecule has 0 bridgehead atoms. The number of nitrogens with one attached hydrogen (secondary N) is 1. The maximum atomic E-state index is 9.87. The Morgan fingerprint density at radius 3 is 2.79 bits per heavy atom. The SMILES string of the molecule is Cc1ccc(O)c(C(C)NCCn2cc(C)cn2)c1. The van der Waals surface area contributed by atoms with Crippen LogP contribution in [0, 0.1) is 13.8 Å². The normalized spacial score (nSPS) is 12.6. The van der Waals surface area contributed by atoms with Crippen molar-refractivity contribution in [3.63, 3.8) is 0 Å². The van der Waals surface area contributed by atoms with Crippen molar-refractivity contribution in [1.29, 1.82) is 0 Å². The number of nitrogens with zero attached hydrogens (tertiary/aromatic N) is 2. The van der Waals surface area contributed by atoms with Crippen LogP contribution in [0.1, 0.15) is 29.7 Å². The Morgan fingerprint density at radius 1 is 1.32 bits per heavy atom. The molecule has 1 atom stereocenters. The van der Waals surface area contributed by atoms with Crippen LogP contribution in [0.2, 0.25) is 0 Å². The molecule has 19 heavy (non-hydrogen) atoms. The standard InChI is InChI=1S/C15H21N3O/c1-11-4-5-15(19)14(8-11)13(3)16-6-7-18-10-12(2)9-17-18/h4-5,8-10,13,16,19H,6-7H2,1-3H3. The van der Waals surface area contributed by atoms with E-state index < -0.39 is 0 Å². The molecule has 0 aliphatic heterocycles. The van der Waals surface area contributed by atoms with Gasteiger partial charge < -0.3 is 10.4 Å². The number of phenolic OH excluding ortho intramolecular Hbond substituents is 1. The molecule has 4 heteroatoms. The maximum absolute atomic E-state index is 9.87. The summed E-state index contributed by atoms with van der Waals surface area (Å²) in [4.78, 5) is 0. The Hall–Kier alpha value is -1.81. The van der Waals surface area contributed by atoms with E-state index in [2.05, 4.69) is 17.3 Å². The van der Waals surface area contributed by atoms with Gasteiger partial charge in [-0.05, 0) is 32.4 Å². The molecular formula is C15H21N3O. The summed E-state index contributed by atoms with van der Waals surface area (Å²) in [5, 5.41) is 17.5. The number of hydrogen-bond donors (Lipinski definition) is 2. The van der Waals surface area contributed by atoms with E-state index in [1.807, 2.05) is 43.1 Å². The molecule has 102 valence electrons. The largest absolute Gasteiger partial charge is 0.508 e. The lowest BCUT2D eigenvalue weighted by Crippen LogP contribution is -2.23. The lowest BCUT2D eigenvalue weighted by molar-refractivity contribution is 0.446. The third kappa shape index (κ3) is 3.58. The Balaban J connectivity index is 1.90. The zero-order valence-electron chi connectivity index (χ0n) is 11.7. The summed E-state index contributed by atoms with van der Waals surface area (Å²) in [7, 11) is 0. The van der Waals surface area contributed by atoms with Gasteiger partial charge in [0.1, 0.15) is 5.75 Å². The Morgan fingerprint density at radius 2 is 2.11 bits per heavy atom. The van der Waals surface area contributed by atoms with Crippen molar-refractivity contribution in [1.82, 2.24) is 15.1 Å². The van der Waals surface area contributed by atoms with Gasteiger partial charge in [0.25, 0.3) is 0 Å². The van der Waals surface area contributed by atoms with E-state index in [1.165, 1.54) is 5.56 Å². The van der Waals surface area contributed by atoms with Crippen LogP contribution in [0.15, 0.2) is 30.6 Å². The molecule has 0 radical (unpaired) electrons. The first kappa shape index (κ1) is 13.6. The van der Waals surface area contributed by atoms with Crippen molar-refractivity contribution in [2.24, 2.45) is 0 Å². The van der Waals surface area contributed by atoms with Crippen LogP contribution in [-0.4, -0.2) is 21.4 Å². The van der Waals surface area contributed by atoms with Crippen LogP contribution in [0.25, 0.3) is 0 Å². The fourth-order valence-corrected chi connectivity index (χ4v) is 2.12. The number of rotatable bonds is 5. The van der Waals surface area contributed by atoms with Crippen molar-refractivity contribution in [3.8, 4) is 5.75 Å². The third-order valence-corrected chi connectivity index (χ3v) is 3.20. The predicted octanol–water partition coefficient (Wildman–Crippen LogP) is 2.56. The van der Waals surface area contributed by atoms with Gasteiger partial charge in [-0.2, -0.15) is 5.10 Å². The lowest BCUT2D eigenvalue weighted by atomic mass is 10.0. The van der Waals surface area contributed by atoms with E-state index in [-0.39, 0.29) is 6.04 Å². The summed E-state index contributed by atoms with van der Waals surface area (Å²) in [6.45, 7) is 7.76. The lowest BCUT2D eigenvalue weighted by Gasteiger charge is -2.16. The van der Waals surface area contributed by atoms with Crippen molar-refractivity contribution in [2.75, 3.05) is 6.54 Å². The number of aryl methyl sites for hydroxylation is 2. The summed E-state index contributed by atoms with van der Waals surface area (Å²) in [6.07, 6.45) is 3.88. The van der Waals surface area contributed by atoms with E-state index in [0.717, 1.165) is 24.2 Å². The molecule has 1 aromatic heterocycles. The summed E-state index contributed by atoms with van der Waals surface area (Å²) in [5.74, 6) is 0.348. The fraction of sp³-hybridized carbons (Fsp3) is 0.400. The van der Waals surface area contributed by atoms with Crippen LogP contribution < -0.4 is 5.32 Å². The monoisotopic (exact) mass is 259 g/mol. The number of aromatic hydroxyl groups is 1. The molecule has 0 saturated heterocycles. The average Bonchev–Trinajstić information content (AvgIpc) is 2.78. The quantitative estimate of drug-likeness (QED) is 0.867. The van der Waals surface area contributed by atoms with Crippen LogP contribution in [0.3, 0.4) is 0 Å². The molecule has 0 aliphatic carbocycles. The van der Waals surface area contributed by atoms with Gasteiger partial charge in [0.2, 0.25) is 0 Å². The van der Waals surface area contributed by atoms with Crippen LogP contribution >= 0.6 is 0 Å². The summed E-state index contributed by atoms with van der Waals surface area (Å²) in [5.41, 5.74) is 3.27. The van der Waals surface area contributed by atoms with Crippen LogP contribution in [-0.2, 0) is 6.54 Å². The van der Waals surface area contributed by atoms with Crippen molar-refractivity contribution >= 4 is 0 Å². The molecule has 2 aromatic rings. The molecule has 0 fully saturated rings. The van der Waals surface area contributed by atoms with E-state index >= 15 is 0 Å². The molecular weight excluding hydrogens is 238 g/mol. The van der Waals surface area contributed by atoms with Gasteiger partial charge in [-0.3, -0.25) is 4.68 Å². The zero-order valence-corrected chi connectivity index (χ0v) is 11.7. The van der Waals surface area contributed by atoms with E-state index in [0.29, 0.717) is 5.75 Å². The molecule has 0 spiro atoms. The Bertz CT molecular complexity index is 548. The van der Waals surface area contributed by atoms with Gasteiger partial charge in [0.05, 0.1) is 12.7 Å². The van der Waals surface area contributed by atoms with E-state index in [4.69, 9.17) is 0 Å². The highest BCUT2D eigenvalue weighted by Gasteiger charge is 2.09. The van der Waals surface area contributed by atoms with Crippen molar-refractivity contribution in [3.05, 3.63) is 47.3 Å². The van der Waals surface area contributed by atoms with Gasteiger partial charge in [-0.1, -0.05) is 17.7 Å². The predicted molar refractivity (Wildman–Crippen MR) is 76.2 cm³/mol. The minimum atomic E-state index is 0.122. The Kier molecular flexibility index (Phi) is 4.22. The summed E-state index contributed by atoms with van der Waals surface area (Å²) >= 11 is 0. The molecule has 2 rings (SSSR count). The van der Waals surface area contributed by atoms with E-state index in [9.17, 15) is 5.11 Å². The number of phenols is 1. The molecule has 2 N–H and O–H groups in total. The van der Waals surface area contributed by atoms with Gasteiger partial charge in [-0.25, -0.2) is 0 Å². The highest BCUT2D eigenvalue weighted by molar-refractivity contribution is 5.37. The molecule has 0 amide bonds. The third-order valence-electron chi connectivity index (χ3n) is 3.20.